The van der Waals surface area contributed by atoms with E-state index in [9.17, 15) is 9.59 Å². The van der Waals surface area contributed by atoms with Crippen LogP contribution in [0, 0.1) is 23.7 Å². The summed E-state index contributed by atoms with van der Waals surface area (Å²) in [5.41, 5.74) is 10.2. The summed E-state index contributed by atoms with van der Waals surface area (Å²) in [4.78, 5) is 30.3. The first-order chi connectivity index (χ1) is 23.9. The third-order valence-corrected chi connectivity index (χ3v) is 10.5. The van der Waals surface area contributed by atoms with Gasteiger partial charge in [0.1, 0.15) is 11.4 Å². The zero-order chi connectivity index (χ0) is 37.2. The van der Waals surface area contributed by atoms with Crippen molar-refractivity contribution in [1.82, 2.24) is 9.97 Å². The molecule has 2 aromatic heterocycles. The number of pyridine rings is 2. The van der Waals surface area contributed by atoms with Crippen molar-refractivity contribution in [2.45, 2.75) is 103 Å². The molecule has 1 N–H and O–H groups in total. The molecule has 51 heavy (non-hydrogen) atoms. The Morgan fingerprint density at radius 1 is 0.549 bits per heavy atom. The van der Waals surface area contributed by atoms with Gasteiger partial charge in [0, 0.05) is 34.6 Å². The highest BCUT2D eigenvalue weighted by atomic mass is 16.5. The number of carboxylic acid groups (broad SMARTS) is 1. The summed E-state index contributed by atoms with van der Waals surface area (Å²) in [6, 6.07) is 19.7. The number of hydrogen-bond donors (Lipinski definition) is 1. The monoisotopic (exact) mass is 680 g/mol. The third kappa shape index (κ3) is 8.41. The number of carbonyl (C=O) groups is 2. The summed E-state index contributed by atoms with van der Waals surface area (Å²) < 4.78 is 4.66. The predicted octanol–water partition coefficient (Wildman–Crippen LogP) is 9.15. The van der Waals surface area contributed by atoms with Crippen LogP contribution in [0.15, 0.2) is 73.1 Å². The number of aromatic carboxylic acids is 1. The molecule has 6 heteroatoms. The molecule has 6 nitrogen and oxygen atoms in total. The lowest BCUT2D eigenvalue weighted by Gasteiger charge is -2.41. The van der Waals surface area contributed by atoms with Crippen molar-refractivity contribution >= 4 is 11.9 Å². The highest BCUT2D eigenvalue weighted by molar-refractivity contribution is 5.87. The highest BCUT2D eigenvalue weighted by Gasteiger charge is 2.38. The summed E-state index contributed by atoms with van der Waals surface area (Å²) in [5.74, 6) is 11.2. The largest absolute Gasteiger partial charge is 0.477 e. The van der Waals surface area contributed by atoms with Gasteiger partial charge in [-0.1, -0.05) is 91.2 Å². The van der Waals surface area contributed by atoms with Gasteiger partial charge in [-0.3, -0.25) is 0 Å². The van der Waals surface area contributed by atoms with Gasteiger partial charge < -0.3 is 9.84 Å². The normalized spacial score (nSPS) is 17.0. The molecule has 2 aromatic carbocycles. The molecule has 6 rings (SSSR count). The Kier molecular flexibility index (Phi) is 10.3. The van der Waals surface area contributed by atoms with E-state index in [-0.39, 0.29) is 33.0 Å². The van der Waals surface area contributed by atoms with Crippen LogP contribution in [-0.2, 0) is 26.4 Å². The molecular formula is C45H48N2O4. The van der Waals surface area contributed by atoms with E-state index in [1.165, 1.54) is 67.3 Å². The smallest absolute Gasteiger partial charge is 0.356 e. The molecule has 0 saturated carbocycles. The number of hydrogen-bond acceptors (Lipinski definition) is 5. The Balaban J connectivity index is 0.000000198. The third-order valence-electron chi connectivity index (χ3n) is 10.5. The molecule has 0 aliphatic heterocycles. The minimum atomic E-state index is -1.03. The van der Waals surface area contributed by atoms with Crippen LogP contribution in [0.5, 0.6) is 0 Å². The fourth-order valence-corrected chi connectivity index (χ4v) is 6.91. The molecule has 0 saturated heterocycles. The minimum absolute atomic E-state index is 0.0308. The van der Waals surface area contributed by atoms with Crippen LogP contribution in [0.1, 0.15) is 147 Å². The molecule has 0 bridgehead atoms. The van der Waals surface area contributed by atoms with Gasteiger partial charge in [0.15, 0.2) is 0 Å². The Bertz CT molecular complexity index is 2080. The number of carbonyl (C=O) groups excluding carboxylic acids is 1. The molecule has 2 aliphatic carbocycles. The number of aromatic nitrogens is 2. The van der Waals surface area contributed by atoms with Crippen LogP contribution < -0.4 is 0 Å². The molecule has 2 heterocycles. The van der Waals surface area contributed by atoms with Crippen molar-refractivity contribution in [3.63, 3.8) is 0 Å². The lowest BCUT2D eigenvalue weighted by molar-refractivity contribution is 0.0593. The predicted molar refractivity (Wildman–Crippen MR) is 202 cm³/mol. The van der Waals surface area contributed by atoms with Crippen molar-refractivity contribution in [3.05, 3.63) is 129 Å². The van der Waals surface area contributed by atoms with Crippen LogP contribution in [-0.4, -0.2) is 34.1 Å². The second-order valence-corrected chi connectivity index (χ2v) is 16.2. The summed E-state index contributed by atoms with van der Waals surface area (Å²) >= 11 is 0. The molecule has 262 valence electrons. The summed E-state index contributed by atoms with van der Waals surface area (Å²) in [6.07, 6.45) is 7.86. The van der Waals surface area contributed by atoms with E-state index in [0.29, 0.717) is 5.56 Å². The first-order valence-corrected chi connectivity index (χ1v) is 17.5. The molecule has 0 radical (unpaired) electrons. The Labute approximate surface area is 303 Å². The lowest BCUT2D eigenvalue weighted by Crippen LogP contribution is -2.33. The average molecular weight is 681 g/mol. The molecule has 0 amide bonds. The molecule has 0 atom stereocenters. The average Bonchev–Trinajstić information content (AvgIpc) is 3.11. The van der Waals surface area contributed by atoms with E-state index in [0.717, 1.165) is 16.7 Å². The van der Waals surface area contributed by atoms with Gasteiger partial charge in [0.25, 0.3) is 0 Å². The van der Waals surface area contributed by atoms with Crippen LogP contribution in [0.2, 0.25) is 0 Å². The fourth-order valence-electron chi connectivity index (χ4n) is 6.91. The second-order valence-electron chi connectivity index (χ2n) is 16.2. The number of benzene rings is 2. The van der Waals surface area contributed by atoms with Crippen molar-refractivity contribution in [2.24, 2.45) is 0 Å². The maximum Gasteiger partial charge on any atom is 0.356 e. The Hall–Kier alpha value is -5.20. The van der Waals surface area contributed by atoms with Gasteiger partial charge in [-0.25, -0.2) is 19.6 Å². The molecule has 0 spiro atoms. The van der Waals surface area contributed by atoms with Gasteiger partial charge in [-0.2, -0.15) is 0 Å². The summed E-state index contributed by atoms with van der Waals surface area (Å²) in [7, 11) is 1.34. The summed E-state index contributed by atoms with van der Waals surface area (Å²) in [6.45, 7) is 18.5. The Morgan fingerprint density at radius 2 is 0.902 bits per heavy atom. The van der Waals surface area contributed by atoms with Crippen molar-refractivity contribution < 1.29 is 19.4 Å². The summed E-state index contributed by atoms with van der Waals surface area (Å²) in [5, 5.41) is 8.89. The topological polar surface area (TPSA) is 89.4 Å². The number of rotatable bonds is 2. The van der Waals surface area contributed by atoms with Crippen LogP contribution in [0.25, 0.3) is 0 Å². The van der Waals surface area contributed by atoms with E-state index in [1.54, 1.807) is 24.4 Å². The zero-order valence-electron chi connectivity index (χ0n) is 31.3. The number of nitrogens with zero attached hydrogens (tertiary/aromatic N) is 2. The molecule has 4 aromatic rings. The van der Waals surface area contributed by atoms with Gasteiger partial charge in [-0.05, 0) is 118 Å². The van der Waals surface area contributed by atoms with Crippen molar-refractivity contribution in [3.8, 4) is 23.7 Å². The van der Waals surface area contributed by atoms with Gasteiger partial charge >= 0.3 is 11.9 Å². The number of esters is 1. The second kappa shape index (κ2) is 14.2. The lowest BCUT2D eigenvalue weighted by atomic mass is 9.63. The van der Waals surface area contributed by atoms with E-state index in [1.807, 2.05) is 0 Å². The van der Waals surface area contributed by atoms with E-state index < -0.39 is 11.9 Å². The quantitative estimate of drug-likeness (QED) is 0.168. The van der Waals surface area contributed by atoms with Crippen LogP contribution in [0.4, 0.5) is 0 Å². The van der Waals surface area contributed by atoms with Gasteiger partial charge in [0.2, 0.25) is 0 Å². The first kappa shape index (κ1) is 37.1. The minimum Gasteiger partial charge on any atom is -0.477 e. The van der Waals surface area contributed by atoms with E-state index in [4.69, 9.17) is 5.11 Å². The van der Waals surface area contributed by atoms with Gasteiger partial charge in [0.05, 0.1) is 7.11 Å². The van der Waals surface area contributed by atoms with E-state index in [2.05, 4.69) is 130 Å². The molecular weight excluding hydrogens is 633 g/mol. The molecule has 2 aliphatic rings. The number of methoxy groups -OCH3 is 1. The van der Waals surface area contributed by atoms with E-state index >= 15 is 0 Å². The SMILES string of the molecule is CC1(C)CCC(C)(C)c2cc(C#Cc3ccc(C(=O)O)nc3)ccc21.COC(=O)c1ccc(C#Cc2ccc3c(c2)C(C)(C)CCC3(C)C)cn1. The molecule has 0 fully saturated rings. The fraction of sp³-hybridized carbons (Fsp3) is 0.378. The highest BCUT2D eigenvalue weighted by Crippen LogP contribution is 2.47. The maximum atomic E-state index is 11.4. The first-order valence-electron chi connectivity index (χ1n) is 17.5. The standard InChI is InChI=1S/C23H25NO2.C22H23NO2/c1-22(2)12-13-23(3,4)19-14-16(8-10-18(19)22)6-7-17-9-11-20(24-15-17)21(25)26-5;1-21(2)11-12-22(3,4)18-13-15(7-9-17(18)21)5-6-16-8-10-19(20(24)25)23-14-16/h8-11,14-15H,12-13H2,1-5H3;7-10,13-14H,11-12H2,1-4H3,(H,24,25). The number of fused-ring (bicyclic) bond motifs is 2. The zero-order valence-corrected chi connectivity index (χ0v) is 31.3. The molecule has 0 unspecified atom stereocenters. The van der Waals surface area contributed by atoms with Crippen molar-refractivity contribution in [1.29, 1.82) is 0 Å². The Morgan fingerprint density at radius 3 is 1.25 bits per heavy atom. The number of ether oxygens (including phenoxy) is 1. The van der Waals surface area contributed by atoms with Crippen LogP contribution in [0.3, 0.4) is 0 Å². The number of carboxylic acids is 1. The van der Waals surface area contributed by atoms with Crippen molar-refractivity contribution in [2.75, 3.05) is 7.11 Å². The maximum absolute atomic E-state index is 11.4. The van der Waals surface area contributed by atoms with Crippen LogP contribution >= 0.6 is 0 Å². The van der Waals surface area contributed by atoms with Gasteiger partial charge in [-0.15, -0.1) is 0 Å².